The second-order valence-corrected chi connectivity index (χ2v) is 0.587. The minimum absolute atomic E-state index is 1.06. The summed E-state index contributed by atoms with van der Waals surface area (Å²) in [6.45, 7) is 0. The van der Waals surface area contributed by atoms with Crippen LogP contribution in [0.5, 0.6) is 0 Å². The third-order valence-corrected chi connectivity index (χ3v) is 0.190. The zero-order valence-corrected chi connectivity index (χ0v) is 3.81. The molecule has 0 aliphatic heterocycles. The minimum Gasteiger partial charge on any atom is -0.361 e. The first-order valence-corrected chi connectivity index (χ1v) is 1.42. The summed E-state index contributed by atoms with van der Waals surface area (Å²) < 4.78 is 3.52. The molecule has 0 aliphatic carbocycles. The highest BCUT2D eigenvalue weighted by molar-refractivity contribution is 5.97. The minimum atomic E-state index is -1.06. The first-order valence-electron chi connectivity index (χ1n) is 0.950. The molecule has 0 heterocycles. The third-order valence-electron chi connectivity index (χ3n) is 0.104. The molecule has 32 valence electrons. The molecular formula is AlNO4. The molecule has 0 saturated carbocycles. The second kappa shape index (κ2) is 2.91. The summed E-state index contributed by atoms with van der Waals surface area (Å²) >= 11 is 1.56. The summed E-state index contributed by atoms with van der Waals surface area (Å²) in [5.41, 5.74) is 0. The highest BCUT2D eigenvalue weighted by Gasteiger charge is 1.84. The molecule has 0 aromatic rings. The van der Waals surface area contributed by atoms with Gasteiger partial charge >= 0.3 is 21.7 Å². The van der Waals surface area contributed by atoms with Crippen molar-refractivity contribution in [3.63, 3.8) is 0 Å². The van der Waals surface area contributed by atoms with Crippen LogP contribution in [0.1, 0.15) is 0 Å². The Morgan fingerprint density at radius 1 is 1.83 bits per heavy atom. The average molecular weight is 105 g/mol. The van der Waals surface area contributed by atoms with Gasteiger partial charge in [-0.3, -0.25) is 0 Å². The summed E-state index contributed by atoms with van der Waals surface area (Å²) in [5.74, 6) is 0. The average Bonchev–Trinajstić information content (AvgIpc) is 1.35. The standard InChI is InChI=1S/Al.HNO4/c;2-1(3)5-4/h;4H/q+1;/p-1. The van der Waals surface area contributed by atoms with Gasteiger partial charge in [-0.25, -0.2) is 0 Å². The molecule has 6 heteroatoms. The smallest absolute Gasteiger partial charge is 0.361 e. The van der Waals surface area contributed by atoms with Gasteiger partial charge in [-0.1, -0.05) is 0 Å². The van der Waals surface area contributed by atoms with E-state index in [1.165, 1.54) is 0 Å². The Balaban J connectivity index is 2.83. The largest absolute Gasteiger partial charge is 0.435 e. The molecule has 0 saturated heterocycles. The predicted molar refractivity (Wildman–Crippen MR) is 14.9 cm³/mol. The third kappa shape index (κ3) is 3.69. The molecule has 0 fully saturated rings. The Kier molecular flexibility index (Phi) is 2.76. The van der Waals surface area contributed by atoms with Crippen molar-refractivity contribution in [3.8, 4) is 0 Å². The SMILES string of the molecule is O=[N+]([O-])O[O][Al]. The molecule has 0 N–H and O–H groups in total. The van der Waals surface area contributed by atoms with Crippen molar-refractivity contribution in [1.29, 1.82) is 0 Å². The van der Waals surface area contributed by atoms with E-state index in [1.807, 2.05) is 0 Å². The zero-order chi connectivity index (χ0) is 4.99. The Hall–Kier alpha value is -0.308. The van der Waals surface area contributed by atoms with Gasteiger partial charge in [0.25, 0.3) is 0 Å². The molecular weight excluding hydrogens is 105 g/mol. The Morgan fingerprint density at radius 2 is 2.33 bits per heavy atom. The molecule has 0 amide bonds. The molecule has 0 spiro atoms. The van der Waals surface area contributed by atoms with Crippen molar-refractivity contribution in [3.05, 3.63) is 10.1 Å². The summed E-state index contributed by atoms with van der Waals surface area (Å²) in [6.07, 6.45) is 0. The molecule has 0 aromatic carbocycles. The quantitative estimate of drug-likeness (QED) is 0.200. The number of hydrogen-bond acceptors (Lipinski definition) is 4. The van der Waals surface area contributed by atoms with E-state index in [0.29, 0.717) is 0 Å². The molecule has 0 unspecified atom stereocenters. The maximum absolute atomic E-state index is 9.04. The van der Waals surface area contributed by atoms with Crippen molar-refractivity contribution in [2.24, 2.45) is 0 Å². The van der Waals surface area contributed by atoms with Crippen LogP contribution in [-0.4, -0.2) is 21.7 Å². The van der Waals surface area contributed by atoms with E-state index >= 15 is 0 Å². The van der Waals surface area contributed by atoms with Crippen LogP contribution in [0.4, 0.5) is 0 Å². The normalized spacial score (nSPS) is 7.33. The molecule has 0 aromatic heterocycles. The Labute approximate surface area is 41.6 Å². The van der Waals surface area contributed by atoms with E-state index < -0.39 is 5.09 Å². The van der Waals surface area contributed by atoms with Gasteiger partial charge in [0.2, 0.25) is 0 Å². The van der Waals surface area contributed by atoms with Gasteiger partial charge in [0.1, 0.15) is 0 Å². The summed E-state index contributed by atoms with van der Waals surface area (Å²) in [5, 5.41) is 7.98. The molecule has 0 rings (SSSR count). The highest BCUT2D eigenvalue weighted by Crippen LogP contribution is 1.66. The fourth-order valence-electron chi connectivity index (χ4n) is 0.0351. The molecule has 0 aliphatic rings. The first-order chi connectivity index (χ1) is 2.77. The van der Waals surface area contributed by atoms with Crippen LogP contribution >= 0.6 is 0 Å². The molecule has 0 bridgehead atoms. The van der Waals surface area contributed by atoms with E-state index in [1.54, 1.807) is 16.6 Å². The van der Waals surface area contributed by atoms with E-state index in [-0.39, 0.29) is 0 Å². The molecule has 5 nitrogen and oxygen atoms in total. The van der Waals surface area contributed by atoms with Gasteiger partial charge in [-0.15, -0.1) is 10.1 Å². The maximum Gasteiger partial charge on any atom is 0.435 e. The van der Waals surface area contributed by atoms with Crippen LogP contribution in [-0.2, 0) is 8.93 Å². The fraction of sp³-hybridized carbons (Fsp3) is 0. The van der Waals surface area contributed by atoms with Crippen LogP contribution in [0.3, 0.4) is 0 Å². The zero-order valence-electron chi connectivity index (χ0n) is 2.66. The number of hydrogen-bond donors (Lipinski definition) is 0. The van der Waals surface area contributed by atoms with Gasteiger partial charge in [-0.2, -0.15) is 4.99 Å². The monoisotopic (exact) mass is 105 g/mol. The highest BCUT2D eigenvalue weighted by atomic mass is 27.1. The van der Waals surface area contributed by atoms with Crippen LogP contribution in [0.25, 0.3) is 0 Å². The first kappa shape index (κ1) is 5.69. The second-order valence-electron chi connectivity index (χ2n) is 0.394. The van der Waals surface area contributed by atoms with Gasteiger partial charge in [0, 0.05) is 0 Å². The molecule has 0 atom stereocenters. The van der Waals surface area contributed by atoms with Crippen molar-refractivity contribution in [2.75, 3.05) is 0 Å². The van der Waals surface area contributed by atoms with E-state index in [2.05, 4.69) is 8.93 Å². The van der Waals surface area contributed by atoms with E-state index in [4.69, 9.17) is 10.1 Å². The van der Waals surface area contributed by atoms with Crippen LogP contribution < -0.4 is 0 Å². The van der Waals surface area contributed by atoms with Crippen LogP contribution in [0.15, 0.2) is 0 Å². The predicted octanol–water partition coefficient (Wildman–Crippen LogP) is -0.790. The van der Waals surface area contributed by atoms with Gasteiger partial charge < -0.3 is 3.94 Å². The topological polar surface area (TPSA) is 61.6 Å². The summed E-state index contributed by atoms with van der Waals surface area (Å²) in [4.78, 5) is 12.3. The van der Waals surface area contributed by atoms with Gasteiger partial charge in [-0.05, 0) is 0 Å². The van der Waals surface area contributed by atoms with Gasteiger partial charge in [0.15, 0.2) is 0 Å². The van der Waals surface area contributed by atoms with Crippen LogP contribution in [0, 0.1) is 10.1 Å². The van der Waals surface area contributed by atoms with Gasteiger partial charge in [0.05, 0.1) is 0 Å². The van der Waals surface area contributed by atoms with Crippen molar-refractivity contribution >= 4 is 16.6 Å². The van der Waals surface area contributed by atoms with E-state index in [9.17, 15) is 0 Å². The molecule has 6 heavy (non-hydrogen) atoms. The lowest BCUT2D eigenvalue weighted by atomic mass is 13.1. The number of rotatable bonds is 2. The van der Waals surface area contributed by atoms with E-state index in [0.717, 1.165) is 0 Å². The maximum atomic E-state index is 9.04. The lowest BCUT2D eigenvalue weighted by molar-refractivity contribution is -0.834. The number of nitrogens with zero attached hydrogens (tertiary/aromatic N) is 1. The molecule has 2 radical (unpaired) electrons. The van der Waals surface area contributed by atoms with Crippen molar-refractivity contribution in [2.45, 2.75) is 0 Å². The van der Waals surface area contributed by atoms with Crippen molar-refractivity contribution < 1.29 is 14.0 Å². The van der Waals surface area contributed by atoms with Crippen LogP contribution in [0.2, 0.25) is 0 Å². The lowest BCUT2D eigenvalue weighted by Crippen LogP contribution is -1.97. The lowest BCUT2D eigenvalue weighted by Gasteiger charge is -1.86. The Morgan fingerprint density at radius 3 is 2.33 bits per heavy atom. The summed E-state index contributed by atoms with van der Waals surface area (Å²) in [7, 11) is 0. The summed E-state index contributed by atoms with van der Waals surface area (Å²) in [6, 6.07) is 0. The fourth-order valence-corrected chi connectivity index (χ4v) is 0.105. The Bertz CT molecular complexity index is 51.5. The van der Waals surface area contributed by atoms with Crippen molar-refractivity contribution in [1.82, 2.24) is 0 Å².